The first kappa shape index (κ1) is 22.2. The molecule has 0 saturated heterocycles. The number of pyridine rings is 1. The number of hydrogen-bond donors (Lipinski definition) is 2. The molecule has 1 aromatic heterocycles. The first-order chi connectivity index (χ1) is 14.4. The maximum absolute atomic E-state index is 12.2. The van der Waals surface area contributed by atoms with E-state index in [2.05, 4.69) is 4.98 Å². The molecule has 2 saturated carbocycles. The van der Waals surface area contributed by atoms with E-state index >= 15 is 0 Å². The Morgan fingerprint density at radius 1 is 1.17 bits per heavy atom. The number of hydrogen-bond acceptors (Lipinski definition) is 7. The largest absolute Gasteiger partial charge is 0.489 e. The molecule has 2 aliphatic rings. The topological polar surface area (TPSA) is 107 Å². The highest BCUT2D eigenvalue weighted by atomic mass is 16.6. The van der Waals surface area contributed by atoms with E-state index in [1.165, 1.54) is 37.1 Å². The SMILES string of the molecule is CN(CCC1CC1)C(=O)OC/C(=C(/N)c1ccc(OC2CCCCC2)cn1)N(C)N. The van der Waals surface area contributed by atoms with E-state index in [0.717, 1.165) is 30.9 Å². The van der Waals surface area contributed by atoms with Crippen LogP contribution in [0.2, 0.25) is 0 Å². The lowest BCUT2D eigenvalue weighted by molar-refractivity contribution is 0.112. The monoisotopic (exact) mass is 417 g/mol. The zero-order valence-corrected chi connectivity index (χ0v) is 18.2. The number of hydrazine groups is 1. The Balaban J connectivity index is 1.58. The van der Waals surface area contributed by atoms with Crippen molar-refractivity contribution in [1.82, 2.24) is 14.9 Å². The van der Waals surface area contributed by atoms with Crippen LogP contribution in [0.1, 0.15) is 57.1 Å². The highest BCUT2D eigenvalue weighted by Crippen LogP contribution is 2.32. The fraction of sp³-hybridized carbons (Fsp3) is 0.636. The van der Waals surface area contributed by atoms with Gasteiger partial charge in [0.1, 0.15) is 12.4 Å². The molecule has 0 aromatic carbocycles. The van der Waals surface area contributed by atoms with E-state index in [-0.39, 0.29) is 18.8 Å². The molecule has 30 heavy (non-hydrogen) atoms. The number of aromatic nitrogens is 1. The second-order valence-electron chi connectivity index (χ2n) is 8.44. The number of likely N-dealkylation sites (N-methyl/N-ethyl adjacent to an activating group) is 1. The normalized spacial score (nSPS) is 17.8. The smallest absolute Gasteiger partial charge is 0.409 e. The van der Waals surface area contributed by atoms with Gasteiger partial charge in [0.05, 0.1) is 29.4 Å². The molecular weight excluding hydrogens is 382 g/mol. The molecule has 0 radical (unpaired) electrons. The van der Waals surface area contributed by atoms with Crippen molar-refractivity contribution in [3.63, 3.8) is 0 Å². The maximum atomic E-state index is 12.2. The molecule has 1 amide bonds. The summed E-state index contributed by atoms with van der Waals surface area (Å²) >= 11 is 0. The number of ether oxygens (including phenoxy) is 2. The Kier molecular flexibility index (Phi) is 7.79. The third-order valence-electron chi connectivity index (χ3n) is 5.82. The van der Waals surface area contributed by atoms with E-state index in [0.29, 0.717) is 23.6 Å². The highest BCUT2D eigenvalue weighted by molar-refractivity contribution is 5.68. The van der Waals surface area contributed by atoms with Gasteiger partial charge in [0.2, 0.25) is 0 Å². The predicted molar refractivity (Wildman–Crippen MR) is 116 cm³/mol. The van der Waals surface area contributed by atoms with Crippen LogP contribution >= 0.6 is 0 Å². The molecule has 0 aliphatic heterocycles. The highest BCUT2D eigenvalue weighted by Gasteiger charge is 2.23. The fourth-order valence-corrected chi connectivity index (χ4v) is 3.62. The molecule has 1 aromatic rings. The second kappa shape index (κ2) is 10.5. The van der Waals surface area contributed by atoms with Gasteiger partial charge < -0.3 is 25.1 Å². The standard InChI is InChI=1S/C22H35N5O3/c1-26(13-12-16-8-9-16)22(28)29-15-20(27(2)24)21(23)19-11-10-18(14-25-19)30-17-6-4-3-5-7-17/h10-11,14,16-17H,3-9,12-13,15,23-24H2,1-2H3/b21-20-. The molecular formula is C22H35N5O3. The lowest BCUT2D eigenvalue weighted by Gasteiger charge is -2.23. The van der Waals surface area contributed by atoms with Crippen molar-refractivity contribution in [2.24, 2.45) is 17.5 Å². The average molecular weight is 418 g/mol. The lowest BCUT2D eigenvalue weighted by atomic mass is 9.98. The quantitative estimate of drug-likeness (QED) is 0.469. The van der Waals surface area contributed by atoms with Gasteiger partial charge in [-0.2, -0.15) is 0 Å². The first-order valence-electron chi connectivity index (χ1n) is 10.9. The third kappa shape index (κ3) is 6.52. The lowest BCUT2D eigenvalue weighted by Crippen LogP contribution is -2.34. The molecule has 3 rings (SSSR count). The number of nitrogens with two attached hydrogens (primary N) is 2. The summed E-state index contributed by atoms with van der Waals surface area (Å²) in [6, 6.07) is 3.68. The predicted octanol–water partition coefficient (Wildman–Crippen LogP) is 3.09. The van der Waals surface area contributed by atoms with Crippen molar-refractivity contribution in [1.29, 1.82) is 0 Å². The van der Waals surface area contributed by atoms with E-state index in [9.17, 15) is 4.79 Å². The van der Waals surface area contributed by atoms with Gasteiger partial charge in [-0.1, -0.05) is 19.3 Å². The Labute approximate surface area is 179 Å². The summed E-state index contributed by atoms with van der Waals surface area (Å²) in [4.78, 5) is 18.3. The van der Waals surface area contributed by atoms with Crippen molar-refractivity contribution >= 4 is 11.8 Å². The summed E-state index contributed by atoms with van der Waals surface area (Å²) in [7, 11) is 3.41. The van der Waals surface area contributed by atoms with Gasteiger partial charge in [0, 0.05) is 20.6 Å². The molecule has 0 bridgehead atoms. The molecule has 0 atom stereocenters. The van der Waals surface area contributed by atoms with Crippen LogP contribution in [0.4, 0.5) is 4.79 Å². The molecule has 2 aliphatic carbocycles. The summed E-state index contributed by atoms with van der Waals surface area (Å²) in [6.07, 6.45) is 11.0. The Bertz CT molecular complexity index is 725. The molecule has 1 heterocycles. The van der Waals surface area contributed by atoms with Crippen LogP contribution in [0.15, 0.2) is 24.0 Å². The van der Waals surface area contributed by atoms with Crippen molar-refractivity contribution in [3.8, 4) is 5.75 Å². The minimum atomic E-state index is -0.382. The van der Waals surface area contributed by atoms with Gasteiger partial charge >= 0.3 is 6.09 Å². The zero-order chi connectivity index (χ0) is 21.5. The van der Waals surface area contributed by atoms with Crippen LogP contribution in [0, 0.1) is 5.92 Å². The Morgan fingerprint density at radius 3 is 2.50 bits per heavy atom. The Morgan fingerprint density at radius 2 is 1.90 bits per heavy atom. The van der Waals surface area contributed by atoms with Crippen molar-refractivity contribution in [2.45, 2.75) is 57.5 Å². The molecule has 166 valence electrons. The number of nitrogens with zero attached hydrogens (tertiary/aromatic N) is 3. The first-order valence-corrected chi connectivity index (χ1v) is 10.9. The van der Waals surface area contributed by atoms with E-state index in [1.54, 1.807) is 31.3 Å². The molecule has 2 fully saturated rings. The molecule has 8 nitrogen and oxygen atoms in total. The third-order valence-corrected chi connectivity index (χ3v) is 5.82. The minimum absolute atomic E-state index is 0.0204. The summed E-state index contributed by atoms with van der Waals surface area (Å²) in [5, 5.41) is 1.36. The van der Waals surface area contributed by atoms with Gasteiger partial charge in [-0.25, -0.2) is 10.6 Å². The van der Waals surface area contributed by atoms with Crippen molar-refractivity contribution in [2.75, 3.05) is 27.2 Å². The van der Waals surface area contributed by atoms with Crippen LogP contribution in [0.25, 0.3) is 5.70 Å². The van der Waals surface area contributed by atoms with Gasteiger partial charge in [-0.15, -0.1) is 0 Å². The van der Waals surface area contributed by atoms with Gasteiger partial charge in [-0.05, 0) is 50.2 Å². The van der Waals surface area contributed by atoms with Gasteiger partial charge in [0.25, 0.3) is 0 Å². The number of rotatable bonds is 9. The summed E-state index contributed by atoms with van der Waals surface area (Å²) < 4.78 is 11.4. The molecule has 0 unspecified atom stereocenters. The molecule has 0 spiro atoms. The Hall–Kier alpha value is -2.48. The van der Waals surface area contributed by atoms with E-state index < -0.39 is 0 Å². The molecule has 4 N–H and O–H groups in total. The maximum Gasteiger partial charge on any atom is 0.409 e. The van der Waals surface area contributed by atoms with E-state index in [1.807, 2.05) is 6.07 Å². The average Bonchev–Trinajstić information content (AvgIpc) is 3.57. The van der Waals surface area contributed by atoms with Gasteiger partial charge in [-0.3, -0.25) is 4.98 Å². The van der Waals surface area contributed by atoms with Crippen molar-refractivity contribution in [3.05, 3.63) is 29.7 Å². The van der Waals surface area contributed by atoms with E-state index in [4.69, 9.17) is 21.1 Å². The van der Waals surface area contributed by atoms with Crippen molar-refractivity contribution < 1.29 is 14.3 Å². The fourth-order valence-electron chi connectivity index (χ4n) is 3.62. The number of carbonyl (C=O) groups is 1. The van der Waals surface area contributed by atoms with Crippen LogP contribution in [-0.2, 0) is 4.74 Å². The second-order valence-corrected chi connectivity index (χ2v) is 8.44. The number of amides is 1. The summed E-state index contributed by atoms with van der Waals surface area (Å²) in [5.41, 5.74) is 7.73. The zero-order valence-electron chi connectivity index (χ0n) is 18.2. The van der Waals surface area contributed by atoms with Gasteiger partial charge in [0.15, 0.2) is 0 Å². The molecule has 8 heteroatoms. The summed E-state index contributed by atoms with van der Waals surface area (Å²) in [5.74, 6) is 7.44. The van der Waals surface area contributed by atoms with Crippen LogP contribution in [0.3, 0.4) is 0 Å². The van der Waals surface area contributed by atoms with Crippen LogP contribution < -0.4 is 16.3 Å². The van der Waals surface area contributed by atoms with Crippen LogP contribution in [0.5, 0.6) is 5.75 Å². The summed E-state index contributed by atoms with van der Waals surface area (Å²) in [6.45, 7) is 0.675. The number of carbonyl (C=O) groups excluding carboxylic acids is 1. The minimum Gasteiger partial charge on any atom is -0.489 e. The van der Waals surface area contributed by atoms with Crippen LogP contribution in [-0.4, -0.2) is 54.3 Å².